The molecule has 3 unspecified atom stereocenters. The molecular formula is C13H16O2. The number of aromatic hydroxyl groups is 1. The first-order valence-electron chi connectivity index (χ1n) is 5.69. The van der Waals surface area contributed by atoms with Crippen molar-refractivity contribution in [3.8, 4) is 5.75 Å². The molecule has 0 bridgehead atoms. The first-order chi connectivity index (χ1) is 7.24. The Balaban J connectivity index is 1.87. The molecule has 1 aromatic carbocycles. The molecule has 0 amide bonds. The summed E-state index contributed by atoms with van der Waals surface area (Å²) in [6.45, 7) is 2.07. The molecule has 2 heteroatoms. The molecule has 2 fully saturated rings. The normalized spacial score (nSPS) is 33.5. The Bertz CT molecular complexity index is 386. The van der Waals surface area contributed by atoms with Gasteiger partial charge in [0.2, 0.25) is 0 Å². The molecule has 0 spiro atoms. The van der Waals surface area contributed by atoms with Crippen LogP contribution in [0.3, 0.4) is 0 Å². The van der Waals surface area contributed by atoms with Gasteiger partial charge < -0.3 is 9.84 Å². The molecule has 1 aliphatic carbocycles. The molecule has 0 radical (unpaired) electrons. The van der Waals surface area contributed by atoms with Gasteiger partial charge in [0.15, 0.2) is 0 Å². The van der Waals surface area contributed by atoms with Crippen molar-refractivity contribution in [1.82, 2.24) is 0 Å². The van der Waals surface area contributed by atoms with Crippen molar-refractivity contribution in [2.45, 2.75) is 44.3 Å². The van der Waals surface area contributed by atoms with Crippen LogP contribution in [0.4, 0.5) is 0 Å². The minimum Gasteiger partial charge on any atom is -0.508 e. The van der Waals surface area contributed by atoms with Crippen molar-refractivity contribution >= 4 is 0 Å². The van der Waals surface area contributed by atoms with Crippen LogP contribution < -0.4 is 0 Å². The molecule has 1 saturated carbocycles. The van der Waals surface area contributed by atoms with Gasteiger partial charge in [-0.1, -0.05) is 17.7 Å². The number of fused-ring (bicyclic) bond motifs is 1. The Morgan fingerprint density at radius 1 is 1.27 bits per heavy atom. The van der Waals surface area contributed by atoms with Crippen LogP contribution in [0.2, 0.25) is 0 Å². The molecule has 2 aliphatic rings. The molecule has 3 rings (SSSR count). The second kappa shape index (κ2) is 3.24. The maximum Gasteiger partial charge on any atom is 0.119 e. The van der Waals surface area contributed by atoms with Gasteiger partial charge in [0.1, 0.15) is 5.75 Å². The van der Waals surface area contributed by atoms with Crippen molar-refractivity contribution < 1.29 is 9.84 Å². The van der Waals surface area contributed by atoms with Crippen LogP contribution in [-0.4, -0.2) is 17.3 Å². The predicted octanol–water partition coefficient (Wildman–Crippen LogP) is 2.74. The molecule has 2 nitrogen and oxygen atoms in total. The Labute approximate surface area is 89.9 Å². The molecule has 80 valence electrons. The van der Waals surface area contributed by atoms with E-state index in [4.69, 9.17) is 4.74 Å². The molecule has 0 aromatic heterocycles. The van der Waals surface area contributed by atoms with E-state index in [-0.39, 0.29) is 0 Å². The van der Waals surface area contributed by atoms with Crippen LogP contribution in [0.1, 0.15) is 36.3 Å². The summed E-state index contributed by atoms with van der Waals surface area (Å²) >= 11 is 0. The molecular weight excluding hydrogens is 188 g/mol. The topological polar surface area (TPSA) is 32.8 Å². The molecule has 1 N–H and O–H groups in total. The lowest BCUT2D eigenvalue weighted by Gasteiger charge is -2.20. The summed E-state index contributed by atoms with van der Waals surface area (Å²) in [5.41, 5.74) is 2.34. The Kier molecular flexibility index (Phi) is 1.99. The first kappa shape index (κ1) is 9.22. The van der Waals surface area contributed by atoms with E-state index in [0.717, 1.165) is 24.8 Å². The number of ether oxygens (including phenoxy) is 1. The van der Waals surface area contributed by atoms with Gasteiger partial charge in [-0.25, -0.2) is 0 Å². The molecule has 1 saturated heterocycles. The summed E-state index contributed by atoms with van der Waals surface area (Å²) in [7, 11) is 0. The van der Waals surface area contributed by atoms with Crippen molar-refractivity contribution in [3.05, 3.63) is 29.3 Å². The smallest absolute Gasteiger partial charge is 0.119 e. The number of rotatable bonds is 1. The van der Waals surface area contributed by atoms with Crippen LogP contribution in [0.5, 0.6) is 5.75 Å². The third kappa shape index (κ3) is 1.63. The summed E-state index contributed by atoms with van der Waals surface area (Å²) < 4.78 is 5.52. The standard InChI is InChI=1S/C13H16O2/c1-8-2-4-11(14)10(6-8)9-3-5-12-13(7-9)15-12/h2,4,6,9,12-14H,3,5,7H2,1H3. The third-order valence-electron chi connectivity index (χ3n) is 3.63. The fourth-order valence-corrected chi connectivity index (χ4v) is 2.69. The zero-order chi connectivity index (χ0) is 10.4. The van der Waals surface area contributed by atoms with Gasteiger partial charge in [0.25, 0.3) is 0 Å². The van der Waals surface area contributed by atoms with E-state index in [1.807, 2.05) is 12.1 Å². The van der Waals surface area contributed by atoms with Crippen LogP contribution in [0, 0.1) is 6.92 Å². The quantitative estimate of drug-likeness (QED) is 0.713. The molecule has 1 aliphatic heterocycles. The van der Waals surface area contributed by atoms with E-state index in [0.29, 0.717) is 23.9 Å². The highest BCUT2D eigenvalue weighted by Crippen LogP contribution is 2.45. The predicted molar refractivity (Wildman–Crippen MR) is 58.1 cm³/mol. The molecule has 1 aromatic rings. The highest BCUT2D eigenvalue weighted by Gasteiger charge is 2.44. The monoisotopic (exact) mass is 204 g/mol. The van der Waals surface area contributed by atoms with Crippen LogP contribution in [0.25, 0.3) is 0 Å². The Hall–Kier alpha value is -1.02. The van der Waals surface area contributed by atoms with E-state index in [9.17, 15) is 5.11 Å². The van der Waals surface area contributed by atoms with E-state index in [1.54, 1.807) is 0 Å². The summed E-state index contributed by atoms with van der Waals surface area (Å²) in [6.07, 6.45) is 4.40. The summed E-state index contributed by atoms with van der Waals surface area (Å²) in [5.74, 6) is 0.943. The molecule has 1 heterocycles. The van der Waals surface area contributed by atoms with Crippen LogP contribution >= 0.6 is 0 Å². The fraction of sp³-hybridized carbons (Fsp3) is 0.538. The van der Waals surface area contributed by atoms with Gasteiger partial charge in [-0.05, 0) is 43.7 Å². The zero-order valence-electron chi connectivity index (χ0n) is 8.94. The Morgan fingerprint density at radius 2 is 2.13 bits per heavy atom. The van der Waals surface area contributed by atoms with Crippen molar-refractivity contribution in [2.24, 2.45) is 0 Å². The van der Waals surface area contributed by atoms with Crippen molar-refractivity contribution in [1.29, 1.82) is 0 Å². The molecule has 3 atom stereocenters. The second-order valence-corrected chi connectivity index (χ2v) is 4.79. The van der Waals surface area contributed by atoms with Gasteiger partial charge in [-0.3, -0.25) is 0 Å². The number of phenols is 1. The second-order valence-electron chi connectivity index (χ2n) is 4.79. The summed E-state index contributed by atoms with van der Waals surface area (Å²) in [5, 5.41) is 9.85. The zero-order valence-corrected chi connectivity index (χ0v) is 8.94. The first-order valence-corrected chi connectivity index (χ1v) is 5.69. The number of hydrogen-bond acceptors (Lipinski definition) is 2. The maximum absolute atomic E-state index is 9.85. The van der Waals surface area contributed by atoms with Gasteiger partial charge in [-0.2, -0.15) is 0 Å². The number of epoxide rings is 1. The van der Waals surface area contributed by atoms with E-state index >= 15 is 0 Å². The van der Waals surface area contributed by atoms with Gasteiger partial charge >= 0.3 is 0 Å². The highest BCUT2D eigenvalue weighted by molar-refractivity contribution is 5.38. The molecule has 15 heavy (non-hydrogen) atoms. The van der Waals surface area contributed by atoms with Crippen molar-refractivity contribution in [3.63, 3.8) is 0 Å². The Morgan fingerprint density at radius 3 is 2.93 bits per heavy atom. The minimum atomic E-state index is 0.449. The van der Waals surface area contributed by atoms with Crippen LogP contribution in [-0.2, 0) is 4.74 Å². The van der Waals surface area contributed by atoms with E-state index in [1.165, 1.54) is 5.56 Å². The number of hydrogen-bond donors (Lipinski definition) is 1. The van der Waals surface area contributed by atoms with E-state index in [2.05, 4.69) is 13.0 Å². The SMILES string of the molecule is Cc1ccc(O)c(C2CCC3OC3C2)c1. The fourth-order valence-electron chi connectivity index (χ4n) is 2.69. The number of benzene rings is 1. The average Bonchev–Trinajstić information content (AvgIpc) is 2.99. The van der Waals surface area contributed by atoms with Gasteiger partial charge in [0.05, 0.1) is 12.2 Å². The summed E-state index contributed by atoms with van der Waals surface area (Å²) in [4.78, 5) is 0. The number of aryl methyl sites for hydroxylation is 1. The highest BCUT2D eigenvalue weighted by atomic mass is 16.6. The largest absolute Gasteiger partial charge is 0.508 e. The van der Waals surface area contributed by atoms with Crippen LogP contribution in [0.15, 0.2) is 18.2 Å². The van der Waals surface area contributed by atoms with Crippen molar-refractivity contribution in [2.75, 3.05) is 0 Å². The number of phenolic OH excluding ortho intramolecular Hbond substituents is 1. The van der Waals surface area contributed by atoms with E-state index < -0.39 is 0 Å². The van der Waals surface area contributed by atoms with Gasteiger partial charge in [-0.15, -0.1) is 0 Å². The lowest BCUT2D eigenvalue weighted by atomic mass is 9.83. The minimum absolute atomic E-state index is 0.449. The third-order valence-corrected chi connectivity index (χ3v) is 3.63. The van der Waals surface area contributed by atoms with Gasteiger partial charge in [0, 0.05) is 0 Å². The summed E-state index contributed by atoms with van der Waals surface area (Å²) in [6, 6.07) is 5.88. The maximum atomic E-state index is 9.85. The lowest BCUT2D eigenvalue weighted by molar-refractivity contribution is 0.371. The average molecular weight is 204 g/mol. The lowest BCUT2D eigenvalue weighted by Crippen LogP contribution is -2.12.